The van der Waals surface area contributed by atoms with E-state index in [1.54, 1.807) is 38.2 Å². The molecule has 0 aliphatic rings. The second-order valence-electron chi connectivity index (χ2n) is 2.19. The molecule has 0 atom stereocenters. The van der Waals surface area contributed by atoms with Crippen molar-refractivity contribution in [1.29, 1.82) is 0 Å². The summed E-state index contributed by atoms with van der Waals surface area (Å²) in [5.41, 5.74) is 0.593. The smallest absolute Gasteiger partial charge is 0.333 e. The van der Waals surface area contributed by atoms with Gasteiger partial charge in [-0.3, -0.25) is 0 Å². The minimum atomic E-state index is -0.272. The molecule has 12 heavy (non-hydrogen) atoms. The Kier molecular flexibility index (Phi) is 5.70. The molecular formula is C10H14O2. The number of carbonyl (C=O) groups is 1. The first-order valence-electron chi connectivity index (χ1n) is 3.85. The highest BCUT2D eigenvalue weighted by molar-refractivity contribution is 5.88. The predicted octanol–water partition coefficient (Wildman–Crippen LogP) is 2.24. The number of rotatable bonds is 4. The second-order valence-corrected chi connectivity index (χ2v) is 2.19. The van der Waals surface area contributed by atoms with E-state index in [-0.39, 0.29) is 5.97 Å². The van der Waals surface area contributed by atoms with Crippen molar-refractivity contribution >= 4 is 5.97 Å². The number of hydrogen-bond donors (Lipinski definition) is 0. The van der Waals surface area contributed by atoms with Gasteiger partial charge in [-0.25, -0.2) is 4.79 Å². The van der Waals surface area contributed by atoms with Gasteiger partial charge in [-0.15, -0.1) is 0 Å². The van der Waals surface area contributed by atoms with Gasteiger partial charge in [-0.2, -0.15) is 0 Å². The van der Waals surface area contributed by atoms with Crippen LogP contribution in [0.15, 0.2) is 36.5 Å². The normalized spacial score (nSPS) is 11.7. The highest BCUT2D eigenvalue weighted by atomic mass is 16.5. The van der Waals surface area contributed by atoms with Crippen molar-refractivity contribution in [2.24, 2.45) is 0 Å². The molecule has 0 aromatic rings. The van der Waals surface area contributed by atoms with Crippen molar-refractivity contribution < 1.29 is 9.53 Å². The van der Waals surface area contributed by atoms with Crippen LogP contribution in [0.4, 0.5) is 0 Å². The van der Waals surface area contributed by atoms with Crippen molar-refractivity contribution in [2.45, 2.75) is 13.8 Å². The van der Waals surface area contributed by atoms with Gasteiger partial charge in [0.05, 0.1) is 6.61 Å². The summed E-state index contributed by atoms with van der Waals surface area (Å²) >= 11 is 0. The van der Waals surface area contributed by atoms with Crippen molar-refractivity contribution in [3.63, 3.8) is 0 Å². The lowest BCUT2D eigenvalue weighted by molar-refractivity contribution is -0.138. The van der Waals surface area contributed by atoms with Gasteiger partial charge < -0.3 is 4.74 Å². The van der Waals surface area contributed by atoms with E-state index in [0.717, 1.165) is 0 Å². The average molecular weight is 166 g/mol. The maximum absolute atomic E-state index is 11.0. The standard InChI is InChI=1S/C10H14O2/c1-4-6-7-8-9(3)10(11)12-5-2/h4,6-8H,1,5H2,2-3H3/b7-6+,9-8+. The van der Waals surface area contributed by atoms with Crippen LogP contribution in [0.25, 0.3) is 0 Å². The molecule has 0 heterocycles. The maximum atomic E-state index is 11.0. The molecule has 0 spiro atoms. The van der Waals surface area contributed by atoms with Crippen LogP contribution in [0, 0.1) is 0 Å². The molecule has 2 heteroatoms. The third kappa shape index (κ3) is 4.50. The summed E-state index contributed by atoms with van der Waals surface area (Å²) in [6, 6.07) is 0. The maximum Gasteiger partial charge on any atom is 0.333 e. The fourth-order valence-corrected chi connectivity index (χ4v) is 0.591. The van der Waals surface area contributed by atoms with Crippen molar-refractivity contribution in [2.75, 3.05) is 6.61 Å². The first-order valence-corrected chi connectivity index (χ1v) is 3.85. The van der Waals surface area contributed by atoms with E-state index in [4.69, 9.17) is 4.74 Å². The molecule has 0 fully saturated rings. The average Bonchev–Trinajstić information content (AvgIpc) is 2.05. The largest absolute Gasteiger partial charge is 0.463 e. The van der Waals surface area contributed by atoms with Crippen molar-refractivity contribution in [3.05, 3.63) is 36.5 Å². The molecule has 0 radical (unpaired) electrons. The molecule has 0 aliphatic carbocycles. The molecule has 0 saturated carbocycles. The van der Waals surface area contributed by atoms with E-state index in [1.807, 2.05) is 0 Å². The summed E-state index contributed by atoms with van der Waals surface area (Å²) in [7, 11) is 0. The van der Waals surface area contributed by atoms with E-state index >= 15 is 0 Å². The summed E-state index contributed by atoms with van der Waals surface area (Å²) in [6.45, 7) is 7.41. The van der Waals surface area contributed by atoms with E-state index in [1.165, 1.54) is 0 Å². The number of esters is 1. The summed E-state index contributed by atoms with van der Waals surface area (Å²) in [4.78, 5) is 11.0. The number of allylic oxidation sites excluding steroid dienone is 4. The minimum Gasteiger partial charge on any atom is -0.463 e. The van der Waals surface area contributed by atoms with Gasteiger partial charge >= 0.3 is 5.97 Å². The SMILES string of the molecule is C=C/C=C/C=C(\C)C(=O)OCC. The number of carbonyl (C=O) groups excluding carboxylic acids is 1. The fourth-order valence-electron chi connectivity index (χ4n) is 0.591. The van der Waals surface area contributed by atoms with E-state index < -0.39 is 0 Å². The van der Waals surface area contributed by atoms with Gasteiger partial charge in [0.15, 0.2) is 0 Å². The Balaban J connectivity index is 4.07. The van der Waals surface area contributed by atoms with Crippen LogP contribution in [0.2, 0.25) is 0 Å². The van der Waals surface area contributed by atoms with Crippen LogP contribution in [0.1, 0.15) is 13.8 Å². The highest BCUT2D eigenvalue weighted by Gasteiger charge is 2.01. The zero-order valence-electron chi connectivity index (χ0n) is 7.54. The number of ether oxygens (including phenoxy) is 1. The Bertz CT molecular complexity index is 212. The lowest BCUT2D eigenvalue weighted by Gasteiger charge is -1.98. The molecule has 0 aliphatic heterocycles. The topological polar surface area (TPSA) is 26.3 Å². The molecule has 0 unspecified atom stereocenters. The Hall–Kier alpha value is -1.31. The summed E-state index contributed by atoms with van der Waals surface area (Å²) in [5.74, 6) is -0.272. The Morgan fingerprint density at radius 3 is 2.67 bits per heavy atom. The minimum absolute atomic E-state index is 0.272. The van der Waals surface area contributed by atoms with Crippen LogP contribution < -0.4 is 0 Å². The first kappa shape index (κ1) is 10.7. The Morgan fingerprint density at radius 2 is 2.17 bits per heavy atom. The molecule has 0 aromatic heterocycles. The van der Waals surface area contributed by atoms with Gasteiger partial charge in [0.1, 0.15) is 0 Å². The molecular weight excluding hydrogens is 152 g/mol. The Labute approximate surface area is 73.2 Å². The monoisotopic (exact) mass is 166 g/mol. The van der Waals surface area contributed by atoms with Crippen LogP contribution in [0.5, 0.6) is 0 Å². The summed E-state index contributed by atoms with van der Waals surface area (Å²) in [6.07, 6.45) is 6.84. The van der Waals surface area contributed by atoms with Crippen molar-refractivity contribution in [3.8, 4) is 0 Å². The molecule has 0 rings (SSSR count). The van der Waals surface area contributed by atoms with Gasteiger partial charge in [0.2, 0.25) is 0 Å². The van der Waals surface area contributed by atoms with Crippen LogP contribution >= 0.6 is 0 Å². The van der Waals surface area contributed by atoms with E-state index in [9.17, 15) is 4.79 Å². The summed E-state index contributed by atoms with van der Waals surface area (Å²) < 4.78 is 4.77. The quantitative estimate of drug-likeness (QED) is 0.363. The van der Waals surface area contributed by atoms with Gasteiger partial charge in [-0.05, 0) is 13.8 Å². The molecule has 0 N–H and O–H groups in total. The molecule has 0 bridgehead atoms. The third-order valence-electron chi connectivity index (χ3n) is 1.19. The zero-order valence-corrected chi connectivity index (χ0v) is 7.54. The van der Waals surface area contributed by atoms with Crippen LogP contribution in [-0.2, 0) is 9.53 Å². The Morgan fingerprint density at radius 1 is 1.50 bits per heavy atom. The zero-order chi connectivity index (χ0) is 9.40. The fraction of sp³-hybridized carbons (Fsp3) is 0.300. The van der Waals surface area contributed by atoms with Gasteiger partial charge in [0, 0.05) is 5.57 Å². The highest BCUT2D eigenvalue weighted by Crippen LogP contribution is 1.96. The van der Waals surface area contributed by atoms with Crippen molar-refractivity contribution in [1.82, 2.24) is 0 Å². The molecule has 0 aromatic carbocycles. The van der Waals surface area contributed by atoms with Crippen LogP contribution in [0.3, 0.4) is 0 Å². The third-order valence-corrected chi connectivity index (χ3v) is 1.19. The lowest BCUT2D eigenvalue weighted by atomic mass is 10.3. The molecule has 0 saturated heterocycles. The molecule has 66 valence electrons. The van der Waals surface area contributed by atoms with Gasteiger partial charge in [-0.1, -0.05) is 30.9 Å². The van der Waals surface area contributed by atoms with Gasteiger partial charge in [0.25, 0.3) is 0 Å². The number of hydrogen-bond acceptors (Lipinski definition) is 2. The van der Waals surface area contributed by atoms with E-state index in [2.05, 4.69) is 6.58 Å². The molecule has 2 nitrogen and oxygen atoms in total. The second kappa shape index (κ2) is 6.40. The predicted molar refractivity (Wildman–Crippen MR) is 49.7 cm³/mol. The summed E-state index contributed by atoms with van der Waals surface area (Å²) in [5, 5.41) is 0. The van der Waals surface area contributed by atoms with Crippen LogP contribution in [-0.4, -0.2) is 12.6 Å². The van der Waals surface area contributed by atoms with E-state index in [0.29, 0.717) is 12.2 Å². The molecule has 0 amide bonds. The first-order chi connectivity index (χ1) is 5.72. The lowest BCUT2D eigenvalue weighted by Crippen LogP contribution is -2.04.